The minimum absolute atomic E-state index is 0.0853. The molecule has 0 saturated heterocycles. The fourth-order valence-electron chi connectivity index (χ4n) is 1.24. The molecule has 7 heteroatoms. The van der Waals surface area contributed by atoms with Crippen molar-refractivity contribution >= 4 is 11.4 Å². The van der Waals surface area contributed by atoms with Crippen LogP contribution >= 0.6 is 0 Å². The summed E-state index contributed by atoms with van der Waals surface area (Å²) in [6.45, 7) is 6.96. The minimum Gasteiger partial charge on any atom is -0.258 e. The molecule has 0 unspecified atom stereocenters. The summed E-state index contributed by atoms with van der Waals surface area (Å²) in [5.74, 6) is 0. The van der Waals surface area contributed by atoms with Crippen LogP contribution in [0.5, 0.6) is 0 Å². The maximum absolute atomic E-state index is 10.6. The first-order chi connectivity index (χ1) is 7.72. The molecule has 0 aliphatic rings. The van der Waals surface area contributed by atoms with Crippen molar-refractivity contribution in [3.63, 3.8) is 0 Å². The first-order valence-corrected chi connectivity index (χ1v) is 4.25. The van der Waals surface area contributed by atoms with E-state index in [2.05, 4.69) is 15.2 Å². The predicted molar refractivity (Wildman–Crippen MR) is 54.3 cm³/mol. The highest BCUT2D eigenvalue weighted by molar-refractivity contribution is 5.65. The average Bonchev–Trinajstić information content (AvgIpc) is 2.81. The van der Waals surface area contributed by atoms with Crippen molar-refractivity contribution in [3.05, 3.63) is 52.1 Å². The lowest BCUT2D eigenvalue weighted by Crippen LogP contribution is -1.97. The highest BCUT2D eigenvalue weighted by Crippen LogP contribution is 2.27. The summed E-state index contributed by atoms with van der Waals surface area (Å²) in [4.78, 5) is 13.4. The third-order valence-corrected chi connectivity index (χ3v) is 1.96. The van der Waals surface area contributed by atoms with Crippen LogP contribution < -0.4 is 0 Å². The van der Waals surface area contributed by atoms with Gasteiger partial charge in [-0.3, -0.25) is 10.1 Å². The number of nitro benzene ring substituents is 1. The molecule has 0 bridgehead atoms. The van der Waals surface area contributed by atoms with E-state index < -0.39 is 4.92 Å². The third kappa shape index (κ3) is 1.59. The molecule has 78 valence electrons. The van der Waals surface area contributed by atoms with Crippen LogP contribution in [0.1, 0.15) is 0 Å². The van der Waals surface area contributed by atoms with Crippen LogP contribution in [0.2, 0.25) is 0 Å². The standard InChI is InChI=1S/C9H5N5O2/c1-10-8-3-2-7(14(15)16)6-9(8)13-5-4-11-12-13/h2-6H. The molecule has 2 aromatic rings. The Morgan fingerprint density at radius 3 is 2.88 bits per heavy atom. The number of rotatable bonds is 2. The Hall–Kier alpha value is -2.75. The fraction of sp³-hybridized carbons (Fsp3) is 0. The van der Waals surface area contributed by atoms with Crippen LogP contribution in [0.15, 0.2) is 30.6 Å². The van der Waals surface area contributed by atoms with Gasteiger partial charge >= 0.3 is 0 Å². The van der Waals surface area contributed by atoms with E-state index in [1.165, 1.54) is 35.3 Å². The number of nitrogens with zero attached hydrogens (tertiary/aromatic N) is 5. The highest BCUT2D eigenvalue weighted by atomic mass is 16.6. The van der Waals surface area contributed by atoms with Gasteiger partial charge in [-0.15, -0.1) is 5.10 Å². The van der Waals surface area contributed by atoms with E-state index >= 15 is 0 Å². The van der Waals surface area contributed by atoms with Gasteiger partial charge < -0.3 is 0 Å². The van der Waals surface area contributed by atoms with Crippen molar-refractivity contribution in [2.24, 2.45) is 0 Å². The number of hydrogen-bond donors (Lipinski definition) is 0. The molecule has 16 heavy (non-hydrogen) atoms. The number of aromatic nitrogens is 3. The van der Waals surface area contributed by atoms with Crippen LogP contribution in [-0.4, -0.2) is 19.9 Å². The zero-order valence-corrected chi connectivity index (χ0v) is 7.94. The van der Waals surface area contributed by atoms with Gasteiger partial charge in [-0.25, -0.2) is 9.53 Å². The van der Waals surface area contributed by atoms with Gasteiger partial charge in [0.05, 0.1) is 23.4 Å². The number of benzene rings is 1. The molecule has 7 nitrogen and oxygen atoms in total. The van der Waals surface area contributed by atoms with Gasteiger partial charge in [-0.05, 0) is 6.07 Å². The van der Waals surface area contributed by atoms with Crippen LogP contribution in [0, 0.1) is 16.7 Å². The first-order valence-electron chi connectivity index (χ1n) is 4.25. The quantitative estimate of drug-likeness (QED) is 0.434. The molecule has 1 aromatic heterocycles. The predicted octanol–water partition coefficient (Wildman–Crippen LogP) is 1.73. The second kappa shape index (κ2) is 3.78. The molecular formula is C9H5N5O2. The second-order valence-electron chi connectivity index (χ2n) is 2.89. The Balaban J connectivity index is 2.62. The van der Waals surface area contributed by atoms with Crippen LogP contribution in [-0.2, 0) is 0 Å². The van der Waals surface area contributed by atoms with E-state index in [1.807, 2.05) is 0 Å². The summed E-state index contributed by atoms with van der Waals surface area (Å²) in [5, 5.41) is 17.9. The molecule has 0 fully saturated rings. The number of non-ortho nitro benzene ring substituents is 1. The van der Waals surface area contributed by atoms with Crippen LogP contribution in [0.4, 0.5) is 11.4 Å². The molecule has 2 rings (SSSR count). The van der Waals surface area contributed by atoms with E-state index in [-0.39, 0.29) is 11.4 Å². The van der Waals surface area contributed by atoms with Gasteiger partial charge in [0, 0.05) is 18.3 Å². The first kappa shape index (κ1) is 9.79. The Morgan fingerprint density at radius 2 is 2.31 bits per heavy atom. The highest BCUT2D eigenvalue weighted by Gasteiger charge is 2.12. The van der Waals surface area contributed by atoms with Crippen LogP contribution in [0.3, 0.4) is 0 Å². The Morgan fingerprint density at radius 1 is 1.50 bits per heavy atom. The van der Waals surface area contributed by atoms with Gasteiger partial charge in [0.2, 0.25) is 5.69 Å². The normalized spacial score (nSPS) is 9.69. The molecule has 0 aliphatic carbocycles. The molecule has 0 radical (unpaired) electrons. The van der Waals surface area contributed by atoms with Crippen molar-refractivity contribution in [3.8, 4) is 5.69 Å². The zero-order chi connectivity index (χ0) is 11.5. The SMILES string of the molecule is [C-]#[N+]c1ccc([N+](=O)[O-])cc1-n1ccnn1. The summed E-state index contributed by atoms with van der Waals surface area (Å²) in [7, 11) is 0. The lowest BCUT2D eigenvalue weighted by atomic mass is 10.2. The summed E-state index contributed by atoms with van der Waals surface area (Å²) in [6, 6.07) is 3.97. The molecule has 0 aliphatic heterocycles. The molecular weight excluding hydrogens is 210 g/mol. The second-order valence-corrected chi connectivity index (χ2v) is 2.89. The van der Waals surface area contributed by atoms with Crippen molar-refractivity contribution in [1.82, 2.24) is 15.0 Å². The monoisotopic (exact) mass is 215 g/mol. The third-order valence-electron chi connectivity index (χ3n) is 1.96. The minimum atomic E-state index is -0.520. The Kier molecular flexibility index (Phi) is 2.31. The topological polar surface area (TPSA) is 78.2 Å². The summed E-state index contributed by atoms with van der Waals surface area (Å²) >= 11 is 0. The molecule has 1 heterocycles. The maximum atomic E-state index is 10.6. The Labute approximate surface area is 89.9 Å². The van der Waals surface area contributed by atoms with Gasteiger partial charge in [-0.1, -0.05) is 5.21 Å². The van der Waals surface area contributed by atoms with Crippen LogP contribution in [0.25, 0.3) is 10.5 Å². The van der Waals surface area contributed by atoms with Crippen molar-refractivity contribution in [2.75, 3.05) is 0 Å². The number of hydrogen-bond acceptors (Lipinski definition) is 4. The van der Waals surface area contributed by atoms with Gasteiger partial charge in [0.15, 0.2) is 0 Å². The number of nitro groups is 1. The fourth-order valence-corrected chi connectivity index (χ4v) is 1.24. The van der Waals surface area contributed by atoms with Crippen molar-refractivity contribution < 1.29 is 4.92 Å². The summed E-state index contributed by atoms with van der Waals surface area (Å²) in [6.07, 6.45) is 2.96. The average molecular weight is 215 g/mol. The molecule has 0 N–H and O–H groups in total. The molecule has 0 amide bonds. The largest absolute Gasteiger partial charge is 0.269 e. The van der Waals surface area contributed by atoms with Gasteiger partial charge in [0.1, 0.15) is 0 Å². The summed E-state index contributed by atoms with van der Waals surface area (Å²) in [5.41, 5.74) is 0.552. The molecule has 0 atom stereocenters. The van der Waals surface area contributed by atoms with Crippen molar-refractivity contribution in [2.45, 2.75) is 0 Å². The smallest absolute Gasteiger partial charge is 0.258 e. The van der Waals surface area contributed by atoms with Crippen molar-refractivity contribution in [1.29, 1.82) is 0 Å². The van der Waals surface area contributed by atoms with E-state index in [0.29, 0.717) is 5.69 Å². The lowest BCUT2D eigenvalue weighted by molar-refractivity contribution is -0.384. The summed E-state index contributed by atoms with van der Waals surface area (Å²) < 4.78 is 1.32. The lowest BCUT2D eigenvalue weighted by Gasteiger charge is -2.02. The molecule has 1 aromatic carbocycles. The van der Waals surface area contributed by atoms with E-state index in [0.717, 1.165) is 0 Å². The van der Waals surface area contributed by atoms with E-state index in [1.54, 1.807) is 0 Å². The van der Waals surface area contributed by atoms with Gasteiger partial charge in [0.25, 0.3) is 5.69 Å². The Bertz CT molecular complexity index is 570. The molecule has 0 spiro atoms. The van der Waals surface area contributed by atoms with E-state index in [4.69, 9.17) is 6.57 Å². The maximum Gasteiger partial charge on any atom is 0.269 e. The van der Waals surface area contributed by atoms with E-state index in [9.17, 15) is 10.1 Å². The van der Waals surface area contributed by atoms with Gasteiger partial charge in [-0.2, -0.15) is 0 Å². The zero-order valence-electron chi connectivity index (χ0n) is 7.94. The molecule has 0 saturated carbocycles.